The van der Waals surface area contributed by atoms with E-state index in [0.29, 0.717) is 24.0 Å². The quantitative estimate of drug-likeness (QED) is 0.864. The van der Waals surface area contributed by atoms with E-state index in [0.717, 1.165) is 30.0 Å². The van der Waals surface area contributed by atoms with Crippen LogP contribution >= 0.6 is 11.6 Å². The number of nitrogens with two attached hydrogens (primary N) is 1. The summed E-state index contributed by atoms with van der Waals surface area (Å²) in [7, 11) is 1.50. The van der Waals surface area contributed by atoms with E-state index >= 15 is 0 Å². The molecule has 1 aromatic carbocycles. The molecule has 0 bridgehead atoms. The van der Waals surface area contributed by atoms with Crippen molar-refractivity contribution in [2.75, 3.05) is 37.5 Å². The van der Waals surface area contributed by atoms with E-state index in [1.54, 1.807) is 6.07 Å². The molecule has 2 heterocycles. The van der Waals surface area contributed by atoms with Crippen LogP contribution < -0.4 is 15.4 Å². The molecule has 1 aliphatic heterocycles. The number of benzene rings is 1. The van der Waals surface area contributed by atoms with Gasteiger partial charge in [-0.1, -0.05) is 11.6 Å². The lowest BCUT2D eigenvalue weighted by molar-refractivity contribution is 0.134. The number of halogens is 1. The zero-order valence-corrected chi connectivity index (χ0v) is 15.0. The molecule has 1 aromatic heterocycles. The molecular formula is C17H21ClN4O3. The highest BCUT2D eigenvalue weighted by atomic mass is 35.5. The highest BCUT2D eigenvalue weighted by Crippen LogP contribution is 2.39. The number of phenolic OH excluding ortho intramolecular Hbond substituents is 1. The van der Waals surface area contributed by atoms with Crippen molar-refractivity contribution in [3.05, 3.63) is 34.5 Å². The van der Waals surface area contributed by atoms with Gasteiger partial charge in [-0.05, 0) is 25.0 Å². The SMILES string of the molecule is COc1cc([C@@H]2COCCCN2c2cc(C)nc(N)n2)c(Cl)cc1O. The third-order valence-electron chi connectivity index (χ3n) is 4.15. The van der Waals surface area contributed by atoms with Crippen LogP contribution in [-0.4, -0.2) is 41.9 Å². The number of anilines is 2. The van der Waals surface area contributed by atoms with Gasteiger partial charge in [-0.3, -0.25) is 0 Å². The molecule has 3 rings (SSSR count). The molecule has 0 amide bonds. The van der Waals surface area contributed by atoms with Gasteiger partial charge in [0.2, 0.25) is 5.95 Å². The molecule has 0 radical (unpaired) electrons. The molecule has 0 saturated carbocycles. The molecule has 1 saturated heterocycles. The fourth-order valence-corrected chi connectivity index (χ4v) is 3.29. The third-order valence-corrected chi connectivity index (χ3v) is 4.48. The van der Waals surface area contributed by atoms with Gasteiger partial charge in [-0.2, -0.15) is 4.98 Å². The molecule has 0 unspecified atom stereocenters. The lowest BCUT2D eigenvalue weighted by atomic mass is 10.0. The predicted molar refractivity (Wildman–Crippen MR) is 96.4 cm³/mol. The summed E-state index contributed by atoms with van der Waals surface area (Å²) in [6, 6.07) is 4.93. The smallest absolute Gasteiger partial charge is 0.222 e. The molecular weight excluding hydrogens is 344 g/mol. The van der Waals surface area contributed by atoms with Crippen molar-refractivity contribution >= 4 is 23.4 Å². The standard InChI is InChI=1S/C17H21ClN4O3/c1-10-6-16(21-17(19)20-10)22-4-3-5-25-9-13(22)11-7-15(24-2)14(23)8-12(11)18/h6-8,13,23H,3-5,9H2,1-2H3,(H2,19,20,21)/t13-/m0/s1. The van der Waals surface area contributed by atoms with Gasteiger partial charge >= 0.3 is 0 Å². The number of ether oxygens (including phenoxy) is 2. The minimum absolute atomic E-state index is 0.000495. The Morgan fingerprint density at radius 2 is 2.16 bits per heavy atom. The molecule has 1 atom stereocenters. The average Bonchev–Trinajstić information content (AvgIpc) is 2.80. The molecule has 0 spiro atoms. The van der Waals surface area contributed by atoms with E-state index in [9.17, 15) is 5.11 Å². The number of aromatic hydroxyl groups is 1. The monoisotopic (exact) mass is 364 g/mol. The Morgan fingerprint density at radius 3 is 2.88 bits per heavy atom. The van der Waals surface area contributed by atoms with Gasteiger partial charge in [-0.15, -0.1) is 0 Å². The number of nitrogen functional groups attached to an aromatic ring is 1. The van der Waals surface area contributed by atoms with E-state index in [1.165, 1.54) is 13.2 Å². The maximum absolute atomic E-state index is 9.93. The van der Waals surface area contributed by atoms with Crippen LogP contribution in [0, 0.1) is 6.92 Å². The first-order valence-corrected chi connectivity index (χ1v) is 8.39. The Balaban J connectivity index is 2.07. The van der Waals surface area contributed by atoms with Gasteiger partial charge in [0.1, 0.15) is 5.82 Å². The van der Waals surface area contributed by atoms with Gasteiger partial charge in [-0.25, -0.2) is 4.98 Å². The Labute approximate surface area is 151 Å². The fourth-order valence-electron chi connectivity index (χ4n) is 3.01. The Hall–Kier alpha value is -2.25. The first-order chi connectivity index (χ1) is 12.0. The van der Waals surface area contributed by atoms with E-state index in [4.69, 9.17) is 26.8 Å². The fraction of sp³-hybridized carbons (Fsp3) is 0.412. The van der Waals surface area contributed by atoms with Crippen LogP contribution in [0.3, 0.4) is 0 Å². The minimum Gasteiger partial charge on any atom is -0.504 e. The zero-order chi connectivity index (χ0) is 18.0. The number of hydrogen-bond acceptors (Lipinski definition) is 7. The molecule has 1 aliphatic rings. The third kappa shape index (κ3) is 3.72. The van der Waals surface area contributed by atoms with Crippen molar-refractivity contribution in [2.24, 2.45) is 0 Å². The predicted octanol–water partition coefficient (Wildman–Crippen LogP) is 2.70. The Morgan fingerprint density at radius 1 is 1.36 bits per heavy atom. The Bertz CT molecular complexity index is 752. The molecule has 3 N–H and O–H groups in total. The van der Waals surface area contributed by atoms with Crippen LogP contribution in [0.15, 0.2) is 18.2 Å². The summed E-state index contributed by atoms with van der Waals surface area (Å²) in [5, 5.41) is 10.4. The Kier molecular flexibility index (Phi) is 5.15. The normalized spacial score (nSPS) is 18.0. The second-order valence-corrected chi connectivity index (χ2v) is 6.32. The number of aryl methyl sites for hydroxylation is 1. The molecule has 25 heavy (non-hydrogen) atoms. The van der Waals surface area contributed by atoms with E-state index < -0.39 is 0 Å². The van der Waals surface area contributed by atoms with Crippen molar-refractivity contribution in [3.63, 3.8) is 0 Å². The summed E-state index contributed by atoms with van der Waals surface area (Å²) in [6.07, 6.45) is 0.853. The second-order valence-electron chi connectivity index (χ2n) is 5.91. The summed E-state index contributed by atoms with van der Waals surface area (Å²) < 4.78 is 11.0. The van der Waals surface area contributed by atoms with E-state index in [1.807, 2.05) is 13.0 Å². The van der Waals surface area contributed by atoms with Gasteiger partial charge in [0.15, 0.2) is 11.5 Å². The lowest BCUT2D eigenvalue weighted by Gasteiger charge is -2.31. The molecule has 2 aromatic rings. The molecule has 134 valence electrons. The first kappa shape index (κ1) is 17.6. The molecule has 1 fully saturated rings. The van der Waals surface area contributed by atoms with Gasteiger partial charge in [0.05, 0.1) is 19.8 Å². The van der Waals surface area contributed by atoms with Crippen LogP contribution in [0.5, 0.6) is 11.5 Å². The van der Waals surface area contributed by atoms with Gasteiger partial charge < -0.3 is 25.2 Å². The number of nitrogens with zero attached hydrogens (tertiary/aromatic N) is 3. The molecule has 8 heteroatoms. The maximum Gasteiger partial charge on any atom is 0.222 e. The van der Waals surface area contributed by atoms with Crippen LogP contribution in [0.2, 0.25) is 5.02 Å². The highest BCUT2D eigenvalue weighted by molar-refractivity contribution is 6.31. The largest absolute Gasteiger partial charge is 0.504 e. The minimum atomic E-state index is -0.182. The van der Waals surface area contributed by atoms with Crippen LogP contribution in [0.1, 0.15) is 23.7 Å². The summed E-state index contributed by atoms with van der Waals surface area (Å²) in [5.41, 5.74) is 7.42. The van der Waals surface area contributed by atoms with Gasteiger partial charge in [0, 0.05) is 36.0 Å². The van der Waals surface area contributed by atoms with Crippen LogP contribution in [0.4, 0.5) is 11.8 Å². The maximum atomic E-state index is 9.93. The summed E-state index contributed by atoms with van der Waals surface area (Å²) >= 11 is 6.41. The summed E-state index contributed by atoms with van der Waals surface area (Å²) in [4.78, 5) is 10.6. The van der Waals surface area contributed by atoms with Crippen molar-refractivity contribution in [1.29, 1.82) is 0 Å². The highest BCUT2D eigenvalue weighted by Gasteiger charge is 2.28. The summed E-state index contributed by atoms with van der Waals surface area (Å²) in [5.74, 6) is 1.32. The first-order valence-electron chi connectivity index (χ1n) is 8.01. The van der Waals surface area contributed by atoms with E-state index in [2.05, 4.69) is 14.9 Å². The van der Waals surface area contributed by atoms with Crippen molar-refractivity contribution in [2.45, 2.75) is 19.4 Å². The number of phenols is 1. The number of rotatable bonds is 3. The molecule has 7 nitrogen and oxygen atoms in total. The van der Waals surface area contributed by atoms with Crippen LogP contribution in [-0.2, 0) is 4.74 Å². The summed E-state index contributed by atoms with van der Waals surface area (Å²) in [6.45, 7) is 3.71. The lowest BCUT2D eigenvalue weighted by Crippen LogP contribution is -2.32. The number of methoxy groups -OCH3 is 1. The average molecular weight is 365 g/mol. The van der Waals surface area contributed by atoms with Crippen molar-refractivity contribution in [3.8, 4) is 11.5 Å². The second kappa shape index (κ2) is 7.33. The van der Waals surface area contributed by atoms with Crippen LogP contribution in [0.25, 0.3) is 0 Å². The number of hydrogen-bond donors (Lipinski definition) is 2. The van der Waals surface area contributed by atoms with E-state index in [-0.39, 0.29) is 17.7 Å². The molecule has 0 aliphatic carbocycles. The number of aromatic nitrogens is 2. The zero-order valence-electron chi connectivity index (χ0n) is 14.2. The van der Waals surface area contributed by atoms with Crippen molar-refractivity contribution < 1.29 is 14.6 Å². The topological polar surface area (TPSA) is 93.7 Å². The van der Waals surface area contributed by atoms with Gasteiger partial charge in [0.25, 0.3) is 0 Å². The van der Waals surface area contributed by atoms with Crippen molar-refractivity contribution in [1.82, 2.24) is 9.97 Å².